The molecule has 0 fully saturated rings. The highest BCUT2D eigenvalue weighted by atomic mass is 35.5. The number of carbonyl (C=O) groups excluding carboxylic acids is 1. The van der Waals surface area contributed by atoms with Crippen LogP contribution in [0.5, 0.6) is 5.75 Å². The second-order valence-electron chi connectivity index (χ2n) is 6.16. The predicted molar refractivity (Wildman–Crippen MR) is 102 cm³/mol. The first-order valence-corrected chi connectivity index (χ1v) is 8.86. The Kier molecular flexibility index (Phi) is 4.35. The molecule has 4 nitrogen and oxygen atoms in total. The number of hydrogen-bond donors (Lipinski definition) is 0. The Bertz CT molecular complexity index is 953. The molecule has 1 amide bonds. The molecule has 2 heterocycles. The molecule has 0 bridgehead atoms. The van der Waals surface area contributed by atoms with Crippen molar-refractivity contribution in [2.75, 3.05) is 5.06 Å². The van der Waals surface area contributed by atoms with E-state index in [0.29, 0.717) is 16.5 Å². The fraction of sp³-hybridized carbons (Fsp3) is 0.143. The van der Waals surface area contributed by atoms with Gasteiger partial charge in [-0.25, -0.2) is 0 Å². The van der Waals surface area contributed by atoms with Crippen molar-refractivity contribution in [3.63, 3.8) is 0 Å². The van der Waals surface area contributed by atoms with Crippen LogP contribution in [0.1, 0.15) is 18.1 Å². The van der Waals surface area contributed by atoms with Gasteiger partial charge in [0.2, 0.25) is 0 Å². The fourth-order valence-electron chi connectivity index (χ4n) is 2.91. The first-order chi connectivity index (χ1) is 12.6. The van der Waals surface area contributed by atoms with E-state index in [0.717, 1.165) is 23.2 Å². The van der Waals surface area contributed by atoms with Crippen LogP contribution < -0.4 is 9.90 Å². The summed E-state index contributed by atoms with van der Waals surface area (Å²) < 4.78 is 0. The fourth-order valence-corrected chi connectivity index (χ4v) is 3.07. The van der Waals surface area contributed by atoms with Crippen molar-refractivity contribution in [3.05, 3.63) is 76.9 Å². The lowest BCUT2D eigenvalue weighted by Gasteiger charge is -2.28. The van der Waals surface area contributed by atoms with Crippen LogP contribution in [0, 0.1) is 0 Å². The smallest absolute Gasteiger partial charge is 0.264 e. The highest BCUT2D eigenvalue weighted by molar-refractivity contribution is 6.30. The van der Waals surface area contributed by atoms with Gasteiger partial charge >= 0.3 is 0 Å². The zero-order valence-electron chi connectivity index (χ0n) is 14.3. The molecule has 5 heteroatoms. The van der Waals surface area contributed by atoms with Gasteiger partial charge in [0.05, 0.1) is 17.8 Å². The molecular formula is C21H17ClN2O2. The van der Waals surface area contributed by atoms with Crippen LogP contribution in [-0.2, 0) is 17.6 Å². The van der Waals surface area contributed by atoms with Crippen LogP contribution in [0.2, 0.25) is 5.02 Å². The number of aromatic nitrogens is 1. The summed E-state index contributed by atoms with van der Waals surface area (Å²) in [5, 5.41) is 1.89. The molecule has 0 saturated carbocycles. The summed E-state index contributed by atoms with van der Waals surface area (Å²) in [6.07, 6.45) is 3.14. The highest BCUT2D eigenvalue weighted by Gasteiger charge is 2.26. The van der Waals surface area contributed by atoms with Gasteiger partial charge < -0.3 is 4.84 Å². The molecule has 0 unspecified atom stereocenters. The Morgan fingerprint density at radius 1 is 1.12 bits per heavy atom. The summed E-state index contributed by atoms with van der Waals surface area (Å²) in [5.74, 6) is 0.496. The van der Waals surface area contributed by atoms with Gasteiger partial charge in [-0.2, -0.15) is 0 Å². The number of fused-ring (bicyclic) bond motifs is 1. The number of anilines is 1. The van der Waals surface area contributed by atoms with Crippen molar-refractivity contribution in [2.24, 2.45) is 0 Å². The highest BCUT2D eigenvalue weighted by Crippen LogP contribution is 2.31. The predicted octanol–water partition coefficient (Wildman–Crippen LogP) is 4.85. The number of nitrogens with zero attached hydrogens (tertiary/aromatic N) is 2. The molecule has 3 aromatic rings. The third-order valence-electron chi connectivity index (χ3n) is 4.42. The lowest BCUT2D eigenvalue weighted by Crippen LogP contribution is -2.39. The molecule has 0 radical (unpaired) electrons. The quantitative estimate of drug-likeness (QED) is 0.667. The number of pyridine rings is 1. The third kappa shape index (κ3) is 3.16. The lowest BCUT2D eigenvalue weighted by atomic mass is 10.1. The van der Waals surface area contributed by atoms with Gasteiger partial charge in [0, 0.05) is 28.4 Å². The monoisotopic (exact) mass is 364 g/mol. The van der Waals surface area contributed by atoms with Crippen LogP contribution in [0.25, 0.3) is 11.3 Å². The summed E-state index contributed by atoms with van der Waals surface area (Å²) >= 11 is 6.03. The van der Waals surface area contributed by atoms with Crippen molar-refractivity contribution >= 4 is 23.2 Å². The molecule has 4 rings (SSSR count). The Morgan fingerprint density at radius 2 is 1.92 bits per heavy atom. The summed E-state index contributed by atoms with van der Waals surface area (Å²) in [4.78, 5) is 22.7. The molecule has 0 saturated heterocycles. The zero-order chi connectivity index (χ0) is 18.1. The van der Waals surface area contributed by atoms with Crippen LogP contribution in [0.4, 0.5) is 5.69 Å². The van der Waals surface area contributed by atoms with Crippen molar-refractivity contribution in [1.29, 1.82) is 0 Å². The molecule has 0 spiro atoms. The van der Waals surface area contributed by atoms with Gasteiger partial charge in [0.1, 0.15) is 0 Å². The maximum Gasteiger partial charge on any atom is 0.264 e. The van der Waals surface area contributed by atoms with Gasteiger partial charge in [-0.3, -0.25) is 9.78 Å². The Morgan fingerprint density at radius 3 is 2.62 bits per heavy atom. The summed E-state index contributed by atoms with van der Waals surface area (Å²) in [5.41, 5.74) is 4.61. The van der Waals surface area contributed by atoms with Gasteiger partial charge in [-0.15, -0.1) is 5.06 Å². The van der Waals surface area contributed by atoms with Gasteiger partial charge in [-0.1, -0.05) is 42.8 Å². The van der Waals surface area contributed by atoms with E-state index in [2.05, 4.69) is 18.0 Å². The van der Waals surface area contributed by atoms with Crippen molar-refractivity contribution in [2.45, 2.75) is 19.8 Å². The molecular weight excluding hydrogens is 348 g/mol. The third-order valence-corrected chi connectivity index (χ3v) is 4.65. The normalized spacial score (nSPS) is 13.3. The molecule has 26 heavy (non-hydrogen) atoms. The molecule has 0 aliphatic carbocycles. The first kappa shape index (κ1) is 16.6. The van der Waals surface area contributed by atoms with Gasteiger partial charge in [0.15, 0.2) is 5.75 Å². The maximum absolute atomic E-state index is 12.4. The molecule has 0 N–H and O–H groups in total. The number of halogens is 1. The minimum Gasteiger partial charge on any atom is -0.372 e. The second-order valence-corrected chi connectivity index (χ2v) is 6.60. The van der Waals surface area contributed by atoms with Gasteiger partial charge in [0.25, 0.3) is 5.91 Å². The van der Waals surface area contributed by atoms with Crippen molar-refractivity contribution in [3.8, 4) is 17.0 Å². The largest absolute Gasteiger partial charge is 0.372 e. The number of hydroxylamine groups is 1. The van der Waals surface area contributed by atoms with E-state index < -0.39 is 0 Å². The molecule has 130 valence electrons. The number of rotatable bonds is 3. The van der Waals surface area contributed by atoms with Crippen LogP contribution >= 0.6 is 11.6 Å². The summed E-state index contributed by atoms with van der Waals surface area (Å²) in [6, 6.07) is 17.0. The van der Waals surface area contributed by atoms with E-state index in [1.165, 1.54) is 10.6 Å². The van der Waals surface area contributed by atoms with Crippen LogP contribution in [0.15, 0.2) is 60.8 Å². The van der Waals surface area contributed by atoms with Crippen LogP contribution in [0.3, 0.4) is 0 Å². The standard InChI is InChI=1S/C21H17ClN2O2/c1-2-14-3-10-19(23-13-14)15-5-8-18(9-6-15)24-21(25)11-16-4-7-17(22)12-20(16)26-24/h3-10,12-13H,2,11H2,1H3. The Hall–Kier alpha value is -2.85. The minimum atomic E-state index is -0.113. The zero-order valence-corrected chi connectivity index (χ0v) is 15.0. The number of amides is 1. The topological polar surface area (TPSA) is 42.4 Å². The maximum atomic E-state index is 12.4. The van der Waals surface area contributed by atoms with Crippen molar-refractivity contribution < 1.29 is 9.63 Å². The van der Waals surface area contributed by atoms with E-state index in [4.69, 9.17) is 16.4 Å². The number of carbonyl (C=O) groups is 1. The number of hydrogen-bond acceptors (Lipinski definition) is 3. The SMILES string of the molecule is CCc1ccc(-c2ccc(N3Oc4cc(Cl)ccc4CC3=O)cc2)nc1. The van der Waals surface area contributed by atoms with E-state index >= 15 is 0 Å². The van der Waals surface area contributed by atoms with E-state index in [9.17, 15) is 4.79 Å². The minimum absolute atomic E-state index is 0.113. The molecule has 0 atom stereocenters. The molecule has 1 aliphatic rings. The van der Waals surface area contributed by atoms with E-state index in [-0.39, 0.29) is 12.3 Å². The lowest BCUT2D eigenvalue weighted by molar-refractivity contribution is -0.123. The average molecular weight is 365 g/mol. The number of benzene rings is 2. The summed E-state index contributed by atoms with van der Waals surface area (Å²) in [6.45, 7) is 2.10. The van der Waals surface area contributed by atoms with Crippen molar-refractivity contribution in [1.82, 2.24) is 4.98 Å². The Balaban J connectivity index is 1.59. The first-order valence-electron chi connectivity index (χ1n) is 8.49. The summed E-state index contributed by atoms with van der Waals surface area (Å²) in [7, 11) is 0. The number of aryl methyl sites for hydroxylation is 1. The van der Waals surface area contributed by atoms with E-state index in [1.54, 1.807) is 12.1 Å². The van der Waals surface area contributed by atoms with Crippen LogP contribution in [-0.4, -0.2) is 10.9 Å². The molecule has 2 aromatic carbocycles. The Labute approximate surface area is 157 Å². The molecule has 1 aromatic heterocycles. The molecule has 1 aliphatic heterocycles. The second kappa shape index (κ2) is 6.81. The van der Waals surface area contributed by atoms with E-state index in [1.807, 2.05) is 42.6 Å². The van der Waals surface area contributed by atoms with Gasteiger partial charge in [-0.05, 0) is 36.2 Å². The average Bonchev–Trinajstić information content (AvgIpc) is 2.68.